The summed E-state index contributed by atoms with van der Waals surface area (Å²) in [5, 5.41) is 11.9. The first-order valence-electron chi connectivity index (χ1n) is 4.88. The molecule has 0 aliphatic carbocycles. The van der Waals surface area contributed by atoms with Crippen molar-refractivity contribution in [1.29, 1.82) is 0 Å². The Hall–Kier alpha value is -1.76. The summed E-state index contributed by atoms with van der Waals surface area (Å²) in [7, 11) is 0. The number of rotatable bonds is 3. The van der Waals surface area contributed by atoms with E-state index in [1.165, 1.54) is 11.8 Å². The maximum Gasteiger partial charge on any atom is 0.341 e. The highest BCUT2D eigenvalue weighted by Gasteiger charge is 2.26. The van der Waals surface area contributed by atoms with E-state index < -0.39 is 0 Å². The van der Waals surface area contributed by atoms with E-state index >= 15 is 0 Å². The predicted molar refractivity (Wildman–Crippen MR) is 62.2 cm³/mol. The average Bonchev–Trinajstić information content (AvgIpc) is 2.67. The Morgan fingerprint density at radius 3 is 3.24 bits per heavy atom. The molecule has 0 radical (unpaired) electrons. The van der Waals surface area contributed by atoms with Crippen LogP contribution in [0.1, 0.15) is 21.6 Å². The quantitative estimate of drug-likeness (QED) is 0.207. The number of aryl methyl sites for hydroxylation is 1. The van der Waals surface area contributed by atoms with E-state index in [-0.39, 0.29) is 24.2 Å². The van der Waals surface area contributed by atoms with Gasteiger partial charge in [0.2, 0.25) is 0 Å². The van der Waals surface area contributed by atoms with Gasteiger partial charge in [0.25, 0.3) is 0 Å². The summed E-state index contributed by atoms with van der Waals surface area (Å²) >= 11 is 1.25. The van der Waals surface area contributed by atoms with Crippen molar-refractivity contribution in [2.75, 3.05) is 5.75 Å². The fraction of sp³-hybridized carbons (Fsp3) is 0.300. The van der Waals surface area contributed by atoms with Gasteiger partial charge in [-0.05, 0) is 13.0 Å². The van der Waals surface area contributed by atoms with E-state index in [1.807, 2.05) is 13.0 Å². The number of esters is 1. The molecule has 2 rings (SSSR count). The molecule has 1 aliphatic heterocycles. The van der Waals surface area contributed by atoms with Gasteiger partial charge in [-0.1, -0.05) is 16.9 Å². The Bertz CT molecular complexity index is 502. The Balaban J connectivity index is 2.31. The minimum absolute atomic E-state index is 0.0819. The number of fused-ring (bicyclic) bond motifs is 1. The predicted octanol–water partition coefficient (Wildman–Crippen LogP) is 0.899. The van der Waals surface area contributed by atoms with Crippen LogP contribution < -0.4 is 5.73 Å². The third-order valence-electron chi connectivity index (χ3n) is 2.24. The van der Waals surface area contributed by atoms with E-state index in [0.717, 1.165) is 11.3 Å². The molecule has 0 aromatic carbocycles. The Morgan fingerprint density at radius 1 is 1.76 bits per heavy atom. The van der Waals surface area contributed by atoms with Crippen molar-refractivity contribution >= 4 is 23.6 Å². The van der Waals surface area contributed by atoms with Crippen LogP contribution in [0.2, 0.25) is 0 Å². The lowest BCUT2D eigenvalue weighted by Crippen LogP contribution is -2.14. The minimum atomic E-state index is -0.366. The molecule has 1 aliphatic rings. The number of nitrogens with zero attached hydrogens (tertiary/aromatic N) is 2. The van der Waals surface area contributed by atoms with Gasteiger partial charge in [0.1, 0.15) is 17.5 Å². The molecule has 0 bridgehead atoms. The zero-order valence-electron chi connectivity index (χ0n) is 9.14. The Kier molecular flexibility index (Phi) is 3.19. The van der Waals surface area contributed by atoms with Crippen molar-refractivity contribution in [2.24, 2.45) is 10.9 Å². The number of nitrogens with two attached hydrogens (primary N) is 1. The third-order valence-corrected chi connectivity index (χ3v) is 3.25. The van der Waals surface area contributed by atoms with Crippen molar-refractivity contribution in [3.63, 3.8) is 0 Å². The molecule has 0 amide bonds. The van der Waals surface area contributed by atoms with Crippen LogP contribution in [0.5, 0.6) is 0 Å². The first-order chi connectivity index (χ1) is 8.11. The highest BCUT2D eigenvalue weighted by Crippen LogP contribution is 2.29. The monoisotopic (exact) mass is 253 g/mol. The highest BCUT2D eigenvalue weighted by molar-refractivity contribution is 8.00. The SMILES string of the molecule is Cc1cc2c(c(SC/C(N)=N/O)n1)C(=O)OC2. The molecule has 0 atom stereocenters. The van der Waals surface area contributed by atoms with Crippen molar-refractivity contribution < 1.29 is 14.7 Å². The number of carbonyl (C=O) groups excluding carboxylic acids is 1. The first kappa shape index (κ1) is 11.7. The summed E-state index contributed by atoms with van der Waals surface area (Å²) in [6.45, 7) is 2.13. The number of carbonyl (C=O) groups is 1. The van der Waals surface area contributed by atoms with Gasteiger partial charge in [-0.3, -0.25) is 0 Å². The molecule has 1 aromatic heterocycles. The van der Waals surface area contributed by atoms with Crippen molar-refractivity contribution in [3.8, 4) is 0 Å². The number of cyclic esters (lactones) is 1. The molecular formula is C10H11N3O3S. The highest BCUT2D eigenvalue weighted by atomic mass is 32.2. The molecule has 7 heteroatoms. The van der Waals surface area contributed by atoms with Gasteiger partial charge in [-0.2, -0.15) is 0 Å². The van der Waals surface area contributed by atoms with Crippen LogP contribution in [0.4, 0.5) is 0 Å². The van der Waals surface area contributed by atoms with Gasteiger partial charge in [-0.25, -0.2) is 9.78 Å². The molecule has 0 saturated heterocycles. The van der Waals surface area contributed by atoms with Gasteiger partial charge in [0, 0.05) is 11.3 Å². The van der Waals surface area contributed by atoms with E-state index in [4.69, 9.17) is 15.7 Å². The zero-order valence-corrected chi connectivity index (χ0v) is 9.95. The Labute approximate surface area is 102 Å². The first-order valence-corrected chi connectivity index (χ1v) is 5.87. The fourth-order valence-corrected chi connectivity index (χ4v) is 2.44. The molecular weight excluding hydrogens is 242 g/mol. The lowest BCUT2D eigenvalue weighted by molar-refractivity contribution is 0.0532. The number of hydrogen-bond donors (Lipinski definition) is 2. The largest absolute Gasteiger partial charge is 0.457 e. The molecule has 1 aromatic rings. The van der Waals surface area contributed by atoms with Crippen LogP contribution in [0.25, 0.3) is 0 Å². The van der Waals surface area contributed by atoms with Crippen LogP contribution in [0, 0.1) is 6.92 Å². The van der Waals surface area contributed by atoms with Gasteiger partial charge < -0.3 is 15.7 Å². The molecule has 90 valence electrons. The number of oxime groups is 1. The van der Waals surface area contributed by atoms with Crippen LogP contribution in [0.3, 0.4) is 0 Å². The van der Waals surface area contributed by atoms with E-state index in [9.17, 15) is 4.79 Å². The molecule has 17 heavy (non-hydrogen) atoms. The van der Waals surface area contributed by atoms with Gasteiger partial charge in [-0.15, -0.1) is 0 Å². The third kappa shape index (κ3) is 2.33. The van der Waals surface area contributed by atoms with E-state index in [2.05, 4.69) is 10.1 Å². The molecule has 2 heterocycles. The van der Waals surface area contributed by atoms with Gasteiger partial charge in [0.15, 0.2) is 0 Å². The maximum absolute atomic E-state index is 11.5. The van der Waals surface area contributed by atoms with Crippen LogP contribution in [-0.2, 0) is 11.3 Å². The Morgan fingerprint density at radius 2 is 2.53 bits per heavy atom. The van der Waals surface area contributed by atoms with E-state index in [1.54, 1.807) is 0 Å². The lowest BCUT2D eigenvalue weighted by atomic mass is 10.1. The number of amidine groups is 1. The smallest absolute Gasteiger partial charge is 0.341 e. The molecule has 3 N–H and O–H groups in total. The number of hydrogen-bond acceptors (Lipinski definition) is 6. The normalized spacial score (nSPS) is 14.6. The molecule has 0 saturated carbocycles. The molecule has 6 nitrogen and oxygen atoms in total. The second kappa shape index (κ2) is 4.62. The standard InChI is InChI=1S/C10H11N3O3S/c1-5-2-6-3-16-10(14)8(6)9(12-5)17-4-7(11)13-15/h2,15H,3-4H2,1H3,(H2,11,13). The molecule has 0 spiro atoms. The van der Waals surface area contributed by atoms with Crippen molar-refractivity contribution in [2.45, 2.75) is 18.6 Å². The van der Waals surface area contributed by atoms with Crippen LogP contribution in [0.15, 0.2) is 16.2 Å². The zero-order chi connectivity index (χ0) is 12.4. The summed E-state index contributed by atoms with van der Waals surface area (Å²) in [4.78, 5) is 15.8. The maximum atomic E-state index is 11.5. The summed E-state index contributed by atoms with van der Waals surface area (Å²) in [5.74, 6) is -0.0138. The van der Waals surface area contributed by atoms with Gasteiger partial charge in [0.05, 0.1) is 11.3 Å². The van der Waals surface area contributed by atoms with E-state index in [0.29, 0.717) is 10.6 Å². The average molecular weight is 253 g/mol. The number of ether oxygens (including phenoxy) is 1. The van der Waals surface area contributed by atoms with Gasteiger partial charge >= 0.3 is 5.97 Å². The van der Waals surface area contributed by atoms with Crippen LogP contribution >= 0.6 is 11.8 Å². The second-order valence-electron chi connectivity index (χ2n) is 3.56. The fourth-order valence-electron chi connectivity index (χ4n) is 1.53. The number of aromatic nitrogens is 1. The topological polar surface area (TPSA) is 97.8 Å². The summed E-state index contributed by atoms with van der Waals surface area (Å²) < 4.78 is 4.95. The van der Waals surface area contributed by atoms with Crippen LogP contribution in [-0.4, -0.2) is 27.7 Å². The number of thioether (sulfide) groups is 1. The van der Waals surface area contributed by atoms with Crippen molar-refractivity contribution in [3.05, 3.63) is 22.9 Å². The summed E-state index contributed by atoms with van der Waals surface area (Å²) in [6.07, 6.45) is 0. The minimum Gasteiger partial charge on any atom is -0.457 e. The summed E-state index contributed by atoms with van der Waals surface area (Å²) in [6, 6.07) is 1.83. The number of pyridine rings is 1. The lowest BCUT2D eigenvalue weighted by Gasteiger charge is -2.05. The molecule has 0 unspecified atom stereocenters. The molecule has 0 fully saturated rings. The second-order valence-corrected chi connectivity index (χ2v) is 4.52. The summed E-state index contributed by atoms with van der Waals surface area (Å²) in [5.41, 5.74) is 7.51. The van der Waals surface area contributed by atoms with Crippen molar-refractivity contribution in [1.82, 2.24) is 4.98 Å².